The first-order chi connectivity index (χ1) is 13.3. The molecule has 0 radical (unpaired) electrons. The van der Waals surface area contributed by atoms with Crippen LogP contribution in [0.3, 0.4) is 0 Å². The Labute approximate surface area is 166 Å². The van der Waals surface area contributed by atoms with E-state index in [1.807, 2.05) is 6.92 Å². The number of carbonyl (C=O) groups excluding carboxylic acids is 1. The number of ether oxygens (including phenoxy) is 5. The third-order valence-corrected chi connectivity index (χ3v) is 3.90. The van der Waals surface area contributed by atoms with E-state index < -0.39 is 0 Å². The van der Waals surface area contributed by atoms with E-state index in [1.165, 1.54) is 32.1 Å². The maximum atomic E-state index is 11.3. The molecule has 0 N–H and O–H groups in total. The molecule has 0 aromatic heterocycles. The number of unbranched alkanes of at least 4 members (excludes halogenated alkanes) is 5. The van der Waals surface area contributed by atoms with Crippen molar-refractivity contribution in [2.75, 3.05) is 59.5 Å². The third kappa shape index (κ3) is 23.3. The lowest BCUT2D eigenvalue weighted by Crippen LogP contribution is -2.12. The maximum absolute atomic E-state index is 11.3. The zero-order chi connectivity index (χ0) is 19.8. The van der Waals surface area contributed by atoms with Gasteiger partial charge in [-0.2, -0.15) is 0 Å². The van der Waals surface area contributed by atoms with E-state index in [-0.39, 0.29) is 5.97 Å². The van der Waals surface area contributed by atoms with Crippen molar-refractivity contribution in [3.05, 3.63) is 0 Å². The van der Waals surface area contributed by atoms with Crippen molar-refractivity contribution >= 4 is 5.97 Å². The Morgan fingerprint density at radius 1 is 0.519 bits per heavy atom. The lowest BCUT2D eigenvalue weighted by atomic mass is 10.1. The molecule has 6 heteroatoms. The number of carbonyl (C=O) groups is 1. The zero-order valence-corrected chi connectivity index (χ0v) is 17.7. The van der Waals surface area contributed by atoms with Gasteiger partial charge in [0.2, 0.25) is 0 Å². The summed E-state index contributed by atoms with van der Waals surface area (Å²) in [5.41, 5.74) is 0. The summed E-state index contributed by atoms with van der Waals surface area (Å²) in [5.74, 6) is -0.148. The predicted molar refractivity (Wildman–Crippen MR) is 107 cm³/mol. The van der Waals surface area contributed by atoms with Gasteiger partial charge in [-0.15, -0.1) is 0 Å². The Morgan fingerprint density at radius 3 is 1.56 bits per heavy atom. The summed E-state index contributed by atoms with van der Waals surface area (Å²) in [6.45, 7) is 9.57. The zero-order valence-electron chi connectivity index (χ0n) is 17.7. The van der Waals surface area contributed by atoms with Crippen molar-refractivity contribution in [1.82, 2.24) is 0 Å². The van der Waals surface area contributed by atoms with Crippen molar-refractivity contribution in [2.24, 2.45) is 0 Å². The van der Waals surface area contributed by atoms with Gasteiger partial charge in [-0.1, -0.05) is 46.0 Å². The summed E-state index contributed by atoms with van der Waals surface area (Å²) < 4.78 is 26.8. The van der Waals surface area contributed by atoms with Crippen LogP contribution >= 0.6 is 0 Å². The van der Waals surface area contributed by atoms with Crippen LogP contribution in [0.25, 0.3) is 0 Å². The van der Waals surface area contributed by atoms with Crippen LogP contribution < -0.4 is 0 Å². The molecular formula is C21H42O6. The Kier molecular flexibility index (Phi) is 22.8. The predicted octanol–water partition coefficient (Wildman–Crippen LogP) is 4.15. The molecule has 0 aliphatic heterocycles. The van der Waals surface area contributed by atoms with Crippen molar-refractivity contribution < 1.29 is 28.5 Å². The standard InChI is InChI=1S/C21H42O6/c1-3-5-6-7-8-9-13-23-15-17-25-19-20-26-18-16-24-14-10-11-21(22)27-12-4-2/h3-20H2,1-2H3. The SMILES string of the molecule is CCCCCCCCOCCOCCOCCOCCCC(=O)OCCC. The van der Waals surface area contributed by atoms with Crippen molar-refractivity contribution in [3.63, 3.8) is 0 Å². The van der Waals surface area contributed by atoms with Gasteiger partial charge in [0.1, 0.15) is 0 Å². The van der Waals surface area contributed by atoms with E-state index in [2.05, 4.69) is 6.92 Å². The fourth-order valence-electron chi connectivity index (χ4n) is 2.35. The van der Waals surface area contributed by atoms with Crippen molar-refractivity contribution in [1.29, 1.82) is 0 Å². The Bertz CT molecular complexity index is 298. The summed E-state index contributed by atoms with van der Waals surface area (Å²) in [7, 11) is 0. The van der Waals surface area contributed by atoms with Gasteiger partial charge in [0, 0.05) is 19.6 Å². The summed E-state index contributed by atoms with van der Waals surface area (Å²) >= 11 is 0. The van der Waals surface area contributed by atoms with Crippen LogP contribution in [-0.4, -0.2) is 65.4 Å². The number of hydrogen-bond acceptors (Lipinski definition) is 6. The van der Waals surface area contributed by atoms with Gasteiger partial charge < -0.3 is 23.7 Å². The van der Waals surface area contributed by atoms with E-state index in [4.69, 9.17) is 23.7 Å². The van der Waals surface area contributed by atoms with Gasteiger partial charge in [-0.25, -0.2) is 0 Å². The highest BCUT2D eigenvalue weighted by Gasteiger charge is 2.01. The van der Waals surface area contributed by atoms with E-state index in [9.17, 15) is 4.79 Å². The molecule has 0 fully saturated rings. The molecule has 0 amide bonds. The van der Waals surface area contributed by atoms with Crippen LogP contribution in [0.4, 0.5) is 0 Å². The highest BCUT2D eigenvalue weighted by atomic mass is 16.6. The lowest BCUT2D eigenvalue weighted by molar-refractivity contribution is -0.144. The van der Waals surface area contributed by atoms with Crippen LogP contribution in [0, 0.1) is 0 Å². The average molecular weight is 391 g/mol. The van der Waals surface area contributed by atoms with Gasteiger partial charge in [0.15, 0.2) is 0 Å². The van der Waals surface area contributed by atoms with Crippen LogP contribution in [0.1, 0.15) is 71.6 Å². The molecule has 6 nitrogen and oxygen atoms in total. The smallest absolute Gasteiger partial charge is 0.305 e. The van der Waals surface area contributed by atoms with Crippen LogP contribution in [-0.2, 0) is 28.5 Å². The van der Waals surface area contributed by atoms with Gasteiger partial charge in [0.25, 0.3) is 0 Å². The molecule has 0 aliphatic rings. The summed E-state index contributed by atoms with van der Waals surface area (Å²) in [6.07, 6.45) is 9.67. The van der Waals surface area contributed by atoms with Gasteiger partial charge in [0.05, 0.1) is 46.2 Å². The minimum Gasteiger partial charge on any atom is -0.466 e. The van der Waals surface area contributed by atoms with Crippen molar-refractivity contribution in [3.8, 4) is 0 Å². The molecule has 0 aromatic rings. The minimum absolute atomic E-state index is 0.148. The van der Waals surface area contributed by atoms with E-state index >= 15 is 0 Å². The first-order valence-electron chi connectivity index (χ1n) is 10.8. The second-order valence-electron chi connectivity index (χ2n) is 6.54. The van der Waals surface area contributed by atoms with E-state index in [0.29, 0.717) is 65.7 Å². The Balaban J connectivity index is 3.04. The number of esters is 1. The molecule has 0 heterocycles. The first kappa shape index (κ1) is 26.3. The molecule has 162 valence electrons. The Morgan fingerprint density at radius 2 is 1.00 bits per heavy atom. The van der Waals surface area contributed by atoms with Crippen LogP contribution in [0.15, 0.2) is 0 Å². The molecule has 0 bridgehead atoms. The molecule has 0 aliphatic carbocycles. The largest absolute Gasteiger partial charge is 0.466 e. The molecule has 0 saturated heterocycles. The highest BCUT2D eigenvalue weighted by Crippen LogP contribution is 2.04. The molecule has 0 rings (SSSR count). The van der Waals surface area contributed by atoms with Crippen LogP contribution in [0.5, 0.6) is 0 Å². The van der Waals surface area contributed by atoms with Crippen molar-refractivity contribution in [2.45, 2.75) is 71.6 Å². The molecule has 0 unspecified atom stereocenters. The van der Waals surface area contributed by atoms with Gasteiger partial charge in [-0.05, 0) is 19.3 Å². The second kappa shape index (κ2) is 23.3. The summed E-state index contributed by atoms with van der Waals surface area (Å²) in [6, 6.07) is 0. The first-order valence-corrected chi connectivity index (χ1v) is 10.8. The Hall–Kier alpha value is -0.690. The summed E-state index contributed by atoms with van der Waals surface area (Å²) in [5, 5.41) is 0. The average Bonchev–Trinajstić information content (AvgIpc) is 2.68. The quantitative estimate of drug-likeness (QED) is 0.204. The lowest BCUT2D eigenvalue weighted by Gasteiger charge is -2.07. The minimum atomic E-state index is -0.148. The fraction of sp³-hybridized carbons (Fsp3) is 0.952. The molecule has 27 heavy (non-hydrogen) atoms. The summed E-state index contributed by atoms with van der Waals surface area (Å²) in [4.78, 5) is 11.3. The second-order valence-corrected chi connectivity index (χ2v) is 6.54. The normalized spacial score (nSPS) is 11.0. The molecule has 0 spiro atoms. The molecule has 0 aromatic carbocycles. The van der Waals surface area contributed by atoms with Gasteiger partial charge in [-0.3, -0.25) is 4.79 Å². The highest BCUT2D eigenvalue weighted by molar-refractivity contribution is 5.69. The fourth-order valence-corrected chi connectivity index (χ4v) is 2.35. The maximum Gasteiger partial charge on any atom is 0.305 e. The topological polar surface area (TPSA) is 63.2 Å². The van der Waals surface area contributed by atoms with E-state index in [0.717, 1.165) is 19.4 Å². The monoisotopic (exact) mass is 390 g/mol. The number of hydrogen-bond donors (Lipinski definition) is 0. The third-order valence-electron chi connectivity index (χ3n) is 3.90. The van der Waals surface area contributed by atoms with Gasteiger partial charge >= 0.3 is 5.97 Å². The molecule has 0 saturated carbocycles. The van der Waals surface area contributed by atoms with E-state index in [1.54, 1.807) is 0 Å². The molecular weight excluding hydrogens is 348 g/mol. The number of rotatable bonds is 22. The van der Waals surface area contributed by atoms with Crippen LogP contribution in [0.2, 0.25) is 0 Å². The molecule has 0 atom stereocenters.